The highest BCUT2D eigenvalue weighted by molar-refractivity contribution is 6.51. The summed E-state index contributed by atoms with van der Waals surface area (Å²) < 4.78 is 11.5. The second kappa shape index (κ2) is 11.4. The number of aliphatic hydroxyl groups excluding tert-OH is 1. The number of hydrogen-bond donors (Lipinski definition) is 1. The molecule has 1 saturated heterocycles. The third-order valence-corrected chi connectivity index (χ3v) is 6.26. The first-order valence-corrected chi connectivity index (χ1v) is 12.8. The minimum absolute atomic E-state index is 0.0151. The number of Topliss-reactive ketones (excluding diaryl/α,β-unsaturated/α-hetero) is 1. The van der Waals surface area contributed by atoms with E-state index in [1.54, 1.807) is 42.5 Å². The molecule has 4 rings (SSSR count). The van der Waals surface area contributed by atoms with Crippen molar-refractivity contribution in [3.63, 3.8) is 0 Å². The normalized spacial score (nSPS) is 16.7. The zero-order valence-corrected chi connectivity index (χ0v) is 22.5. The summed E-state index contributed by atoms with van der Waals surface area (Å²) in [5.41, 5.74) is 2.58. The maximum Gasteiger partial charge on any atom is 0.300 e. The van der Waals surface area contributed by atoms with Gasteiger partial charge in [0.2, 0.25) is 0 Å². The Kier molecular flexibility index (Phi) is 8.05. The third-order valence-electron chi connectivity index (χ3n) is 6.26. The van der Waals surface area contributed by atoms with E-state index in [-0.39, 0.29) is 11.3 Å². The van der Waals surface area contributed by atoms with Crippen LogP contribution in [0.2, 0.25) is 0 Å². The van der Waals surface area contributed by atoms with Crippen molar-refractivity contribution >= 4 is 28.8 Å². The highest BCUT2D eigenvalue weighted by Gasteiger charge is 2.47. The van der Waals surface area contributed by atoms with E-state index in [9.17, 15) is 14.7 Å². The molecule has 7 nitrogen and oxygen atoms in total. The molecule has 1 heterocycles. The van der Waals surface area contributed by atoms with Gasteiger partial charge < -0.3 is 19.5 Å². The molecule has 1 N–H and O–H groups in total. The average molecular weight is 515 g/mol. The lowest BCUT2D eigenvalue weighted by molar-refractivity contribution is -0.132. The molecule has 0 bridgehead atoms. The number of ketones is 1. The molecule has 0 radical (unpaired) electrons. The van der Waals surface area contributed by atoms with Gasteiger partial charge in [0.15, 0.2) is 0 Å². The van der Waals surface area contributed by atoms with E-state index in [4.69, 9.17) is 9.47 Å². The van der Waals surface area contributed by atoms with E-state index in [0.29, 0.717) is 47.4 Å². The van der Waals surface area contributed by atoms with Crippen LogP contribution < -0.4 is 19.3 Å². The lowest BCUT2D eigenvalue weighted by Crippen LogP contribution is -2.29. The van der Waals surface area contributed by atoms with Crippen molar-refractivity contribution in [2.24, 2.45) is 5.92 Å². The molecule has 1 fully saturated rings. The second-order valence-electron chi connectivity index (χ2n) is 9.82. The first kappa shape index (κ1) is 26.8. The predicted molar refractivity (Wildman–Crippen MR) is 150 cm³/mol. The molecule has 1 aliphatic rings. The molecule has 0 saturated carbocycles. The van der Waals surface area contributed by atoms with E-state index in [1.165, 1.54) is 4.90 Å². The van der Waals surface area contributed by atoms with Crippen LogP contribution in [-0.2, 0) is 9.59 Å². The van der Waals surface area contributed by atoms with Gasteiger partial charge in [0, 0.05) is 31.0 Å². The van der Waals surface area contributed by atoms with Gasteiger partial charge in [-0.05, 0) is 66.9 Å². The summed E-state index contributed by atoms with van der Waals surface area (Å²) in [4.78, 5) is 30.4. The van der Waals surface area contributed by atoms with Gasteiger partial charge in [-0.1, -0.05) is 38.1 Å². The average Bonchev–Trinajstić information content (AvgIpc) is 3.17. The number of anilines is 2. The fourth-order valence-electron chi connectivity index (χ4n) is 4.42. The molecule has 7 heteroatoms. The van der Waals surface area contributed by atoms with Crippen LogP contribution in [0, 0.1) is 5.92 Å². The zero-order valence-electron chi connectivity index (χ0n) is 22.5. The predicted octanol–water partition coefficient (Wildman–Crippen LogP) is 5.81. The maximum atomic E-state index is 13.5. The Balaban J connectivity index is 1.86. The smallest absolute Gasteiger partial charge is 0.300 e. The van der Waals surface area contributed by atoms with Crippen molar-refractivity contribution in [3.05, 3.63) is 89.5 Å². The van der Waals surface area contributed by atoms with Gasteiger partial charge in [-0.2, -0.15) is 0 Å². The molecule has 3 aromatic carbocycles. The highest BCUT2D eigenvalue weighted by atomic mass is 16.5. The monoisotopic (exact) mass is 514 g/mol. The van der Waals surface area contributed by atoms with Crippen molar-refractivity contribution in [2.45, 2.75) is 26.8 Å². The van der Waals surface area contributed by atoms with Crippen LogP contribution in [0.4, 0.5) is 11.4 Å². The minimum atomic E-state index is -0.846. The number of aliphatic hydroxyl groups is 1. The molecule has 0 spiro atoms. The molecular weight excluding hydrogens is 480 g/mol. The quantitative estimate of drug-likeness (QED) is 0.220. The summed E-state index contributed by atoms with van der Waals surface area (Å²) in [6.07, 6.45) is 0. The summed E-state index contributed by atoms with van der Waals surface area (Å²) in [5.74, 6) is -0.192. The summed E-state index contributed by atoms with van der Waals surface area (Å²) in [6.45, 7) is 6.97. The molecule has 3 aromatic rings. The Bertz CT molecular complexity index is 1340. The number of nitrogens with zero attached hydrogens (tertiary/aromatic N) is 2. The van der Waals surface area contributed by atoms with Crippen LogP contribution in [0.5, 0.6) is 11.5 Å². The van der Waals surface area contributed by atoms with Gasteiger partial charge in [-0.25, -0.2) is 0 Å². The number of benzene rings is 3. The van der Waals surface area contributed by atoms with Crippen molar-refractivity contribution in [2.75, 3.05) is 37.1 Å². The largest absolute Gasteiger partial charge is 0.507 e. The molecular formula is C31H34N2O5. The lowest BCUT2D eigenvalue weighted by Gasteiger charge is -2.26. The second-order valence-corrected chi connectivity index (χ2v) is 9.82. The van der Waals surface area contributed by atoms with Crippen molar-refractivity contribution < 1.29 is 24.2 Å². The molecule has 0 aromatic heterocycles. The highest BCUT2D eigenvalue weighted by Crippen LogP contribution is 2.43. The zero-order chi connectivity index (χ0) is 27.4. The van der Waals surface area contributed by atoms with Crippen molar-refractivity contribution in [3.8, 4) is 11.5 Å². The third kappa shape index (κ3) is 5.52. The first-order chi connectivity index (χ1) is 18.2. The first-order valence-electron chi connectivity index (χ1n) is 12.8. The van der Waals surface area contributed by atoms with Gasteiger partial charge in [-0.15, -0.1) is 0 Å². The molecule has 38 heavy (non-hydrogen) atoms. The van der Waals surface area contributed by atoms with Crippen molar-refractivity contribution in [1.82, 2.24) is 0 Å². The number of rotatable bonds is 9. The summed E-state index contributed by atoms with van der Waals surface area (Å²) in [7, 11) is 3.86. The Morgan fingerprint density at radius 1 is 0.947 bits per heavy atom. The van der Waals surface area contributed by atoms with Gasteiger partial charge in [0.05, 0.1) is 24.8 Å². The fourth-order valence-corrected chi connectivity index (χ4v) is 4.42. The lowest BCUT2D eigenvalue weighted by atomic mass is 9.95. The van der Waals surface area contributed by atoms with E-state index >= 15 is 0 Å². The SMILES string of the molecule is CCOc1cccc(C2/C(=C(/O)c3cccc(OCC(C)C)c3)C(=O)C(=O)N2c2ccc(N(C)C)cc2)c1. The fraction of sp³-hybridized carbons (Fsp3) is 0.290. The van der Waals surface area contributed by atoms with Crippen LogP contribution >= 0.6 is 0 Å². The van der Waals surface area contributed by atoms with Crippen LogP contribution in [0.15, 0.2) is 78.4 Å². The summed E-state index contributed by atoms with van der Waals surface area (Å²) >= 11 is 0. The Morgan fingerprint density at radius 2 is 1.61 bits per heavy atom. The van der Waals surface area contributed by atoms with E-state index in [1.807, 2.05) is 70.1 Å². The Morgan fingerprint density at radius 3 is 2.24 bits per heavy atom. The molecule has 0 aliphatic carbocycles. The minimum Gasteiger partial charge on any atom is -0.507 e. The van der Waals surface area contributed by atoms with Crippen LogP contribution in [-0.4, -0.2) is 44.1 Å². The van der Waals surface area contributed by atoms with E-state index < -0.39 is 17.7 Å². The number of ether oxygens (including phenoxy) is 2. The number of amides is 1. The van der Waals surface area contributed by atoms with Gasteiger partial charge in [0.25, 0.3) is 11.7 Å². The van der Waals surface area contributed by atoms with Gasteiger partial charge >= 0.3 is 0 Å². The number of hydrogen-bond acceptors (Lipinski definition) is 6. The van der Waals surface area contributed by atoms with Crippen LogP contribution in [0.1, 0.15) is 37.9 Å². The van der Waals surface area contributed by atoms with Crippen LogP contribution in [0.3, 0.4) is 0 Å². The summed E-state index contributed by atoms with van der Waals surface area (Å²) in [6, 6.07) is 20.7. The van der Waals surface area contributed by atoms with Gasteiger partial charge in [0.1, 0.15) is 17.3 Å². The Hall–Kier alpha value is -4.26. The molecule has 1 amide bonds. The maximum absolute atomic E-state index is 13.5. The standard InChI is InChI=1S/C31H34N2O5/c1-6-37-25-11-7-9-21(17-25)28-27(29(34)22-10-8-12-26(18-22)38-19-20(2)3)30(35)31(36)33(28)24-15-13-23(14-16-24)32(4)5/h7-18,20,28,34H,6,19H2,1-5H3/b29-27-. The van der Waals surface area contributed by atoms with E-state index in [2.05, 4.69) is 0 Å². The number of carbonyl (C=O) groups excluding carboxylic acids is 2. The molecule has 198 valence electrons. The molecule has 1 unspecified atom stereocenters. The van der Waals surface area contributed by atoms with E-state index in [0.717, 1.165) is 5.69 Å². The molecule has 1 atom stereocenters. The summed E-state index contributed by atoms with van der Waals surface area (Å²) in [5, 5.41) is 11.5. The van der Waals surface area contributed by atoms with Crippen LogP contribution in [0.25, 0.3) is 5.76 Å². The Labute approximate surface area is 223 Å². The van der Waals surface area contributed by atoms with Gasteiger partial charge in [-0.3, -0.25) is 14.5 Å². The number of carbonyl (C=O) groups is 2. The van der Waals surface area contributed by atoms with Crippen molar-refractivity contribution in [1.29, 1.82) is 0 Å². The molecule has 1 aliphatic heterocycles. The topological polar surface area (TPSA) is 79.3 Å².